The number of carbonyl (C=O) groups is 1. The van der Waals surface area contributed by atoms with Crippen LogP contribution < -0.4 is 5.06 Å². The zero-order chi connectivity index (χ0) is 13.0. The third-order valence-electron chi connectivity index (χ3n) is 3.19. The second-order valence-corrected chi connectivity index (χ2v) is 4.60. The van der Waals surface area contributed by atoms with Gasteiger partial charge in [0.05, 0.1) is 5.69 Å². The lowest BCUT2D eigenvalue weighted by Gasteiger charge is -2.26. The van der Waals surface area contributed by atoms with Crippen LogP contribution in [0.2, 0.25) is 0 Å². The van der Waals surface area contributed by atoms with E-state index in [-0.39, 0.29) is 10.8 Å². The average Bonchev–Trinajstić information content (AvgIpc) is 2.39. The maximum Gasteiger partial charge on any atom is 0.436 e. The van der Waals surface area contributed by atoms with Gasteiger partial charge in [0, 0.05) is 6.54 Å². The van der Waals surface area contributed by atoms with Gasteiger partial charge in [-0.05, 0) is 43.6 Å². The number of hydroxylamine groups is 1. The molecule has 0 saturated carbocycles. The quantitative estimate of drug-likeness (QED) is 0.639. The second-order valence-electron chi connectivity index (χ2n) is 4.60. The Labute approximate surface area is 106 Å². The Balaban J connectivity index is 2.04. The van der Waals surface area contributed by atoms with Gasteiger partial charge in [-0.25, -0.2) is 4.79 Å². The first-order valence-corrected chi connectivity index (χ1v) is 6.20. The number of hydrogen-bond donors (Lipinski definition) is 2. The van der Waals surface area contributed by atoms with Gasteiger partial charge in [0.2, 0.25) is 0 Å². The van der Waals surface area contributed by atoms with E-state index in [0.29, 0.717) is 0 Å². The third kappa shape index (κ3) is 3.21. The van der Waals surface area contributed by atoms with Crippen LogP contribution in [-0.2, 0) is 6.54 Å². The van der Waals surface area contributed by atoms with Gasteiger partial charge in [0.15, 0.2) is 0 Å². The van der Waals surface area contributed by atoms with E-state index in [0.717, 1.165) is 25.2 Å². The Morgan fingerprint density at radius 3 is 2.67 bits per heavy atom. The monoisotopic (exact) mass is 250 g/mol. The SMILES string of the molecule is O=C(O)N(O)c1cccc(CN2CCCCC2)c1. The second kappa shape index (κ2) is 5.84. The first-order chi connectivity index (χ1) is 8.66. The van der Waals surface area contributed by atoms with Crippen LogP contribution in [0.15, 0.2) is 24.3 Å². The van der Waals surface area contributed by atoms with Gasteiger partial charge in [-0.2, -0.15) is 5.06 Å². The van der Waals surface area contributed by atoms with Gasteiger partial charge in [-0.3, -0.25) is 10.1 Å². The normalized spacial score (nSPS) is 16.5. The summed E-state index contributed by atoms with van der Waals surface area (Å²) < 4.78 is 0. The summed E-state index contributed by atoms with van der Waals surface area (Å²) >= 11 is 0. The molecule has 5 heteroatoms. The topological polar surface area (TPSA) is 64.0 Å². The van der Waals surface area contributed by atoms with Crippen molar-refractivity contribution in [1.82, 2.24) is 4.90 Å². The van der Waals surface area contributed by atoms with E-state index in [9.17, 15) is 10.0 Å². The molecular formula is C13H18N2O3. The molecule has 0 aromatic heterocycles. The molecule has 1 aromatic carbocycles. The van der Waals surface area contributed by atoms with Crippen LogP contribution in [-0.4, -0.2) is 34.4 Å². The largest absolute Gasteiger partial charge is 0.463 e. The van der Waals surface area contributed by atoms with E-state index in [1.807, 2.05) is 6.07 Å². The molecule has 1 heterocycles. The summed E-state index contributed by atoms with van der Waals surface area (Å²) in [6.45, 7) is 2.99. The molecule has 0 radical (unpaired) electrons. The maximum atomic E-state index is 10.7. The molecule has 0 bridgehead atoms. The zero-order valence-corrected chi connectivity index (χ0v) is 10.2. The van der Waals surface area contributed by atoms with Gasteiger partial charge >= 0.3 is 6.09 Å². The molecule has 1 aromatic rings. The number of rotatable bonds is 3. The van der Waals surface area contributed by atoms with Crippen molar-refractivity contribution in [3.05, 3.63) is 29.8 Å². The molecule has 0 atom stereocenters. The molecule has 0 aliphatic carbocycles. The number of anilines is 1. The van der Waals surface area contributed by atoms with Gasteiger partial charge in [0.1, 0.15) is 0 Å². The van der Waals surface area contributed by atoms with Crippen LogP contribution in [0.25, 0.3) is 0 Å². The van der Waals surface area contributed by atoms with E-state index < -0.39 is 6.09 Å². The Morgan fingerprint density at radius 2 is 2.00 bits per heavy atom. The summed E-state index contributed by atoms with van der Waals surface area (Å²) in [5, 5.41) is 18.3. The minimum atomic E-state index is -1.37. The fraction of sp³-hybridized carbons (Fsp3) is 0.462. The number of amides is 1. The van der Waals surface area contributed by atoms with Crippen molar-refractivity contribution < 1.29 is 15.1 Å². The molecule has 1 saturated heterocycles. The van der Waals surface area contributed by atoms with Crippen LogP contribution in [0.4, 0.5) is 10.5 Å². The standard InChI is InChI=1S/C13H18N2O3/c16-13(17)15(18)12-6-4-5-11(9-12)10-14-7-2-1-3-8-14/h4-6,9,18H,1-3,7-8,10H2,(H,16,17). The lowest BCUT2D eigenvalue weighted by atomic mass is 10.1. The van der Waals surface area contributed by atoms with Gasteiger partial charge in [0.25, 0.3) is 0 Å². The summed E-state index contributed by atoms with van der Waals surface area (Å²) in [6, 6.07) is 7.01. The van der Waals surface area contributed by atoms with Crippen molar-refractivity contribution in [2.45, 2.75) is 25.8 Å². The highest BCUT2D eigenvalue weighted by Crippen LogP contribution is 2.18. The summed E-state index contributed by atoms with van der Waals surface area (Å²) in [6.07, 6.45) is 2.37. The van der Waals surface area contributed by atoms with Gasteiger partial charge in [-0.1, -0.05) is 18.6 Å². The Bertz CT molecular complexity index is 416. The van der Waals surface area contributed by atoms with Crippen LogP contribution in [0, 0.1) is 0 Å². The minimum Gasteiger partial charge on any atom is -0.463 e. The number of hydrogen-bond acceptors (Lipinski definition) is 3. The predicted octanol–water partition coefficient (Wildman–Crippen LogP) is 2.55. The highest BCUT2D eigenvalue weighted by molar-refractivity contribution is 5.83. The molecule has 0 spiro atoms. The van der Waals surface area contributed by atoms with E-state index in [2.05, 4.69) is 4.90 Å². The first-order valence-electron chi connectivity index (χ1n) is 6.20. The zero-order valence-electron chi connectivity index (χ0n) is 10.2. The fourth-order valence-electron chi connectivity index (χ4n) is 2.27. The number of carboxylic acid groups (broad SMARTS) is 1. The van der Waals surface area contributed by atoms with Crippen molar-refractivity contribution in [3.8, 4) is 0 Å². The smallest absolute Gasteiger partial charge is 0.436 e. The number of benzene rings is 1. The lowest BCUT2D eigenvalue weighted by Crippen LogP contribution is -2.29. The van der Waals surface area contributed by atoms with Crippen LogP contribution in [0.1, 0.15) is 24.8 Å². The number of nitrogens with zero attached hydrogens (tertiary/aromatic N) is 2. The molecule has 1 amide bonds. The molecule has 1 aliphatic rings. The predicted molar refractivity (Wildman–Crippen MR) is 67.9 cm³/mol. The minimum absolute atomic E-state index is 0.250. The number of likely N-dealkylation sites (tertiary alicyclic amines) is 1. The third-order valence-corrected chi connectivity index (χ3v) is 3.19. The Hall–Kier alpha value is -1.59. The average molecular weight is 250 g/mol. The Kier molecular flexibility index (Phi) is 4.17. The summed E-state index contributed by atoms with van der Waals surface area (Å²) in [5.41, 5.74) is 1.31. The molecule has 98 valence electrons. The van der Waals surface area contributed by atoms with Gasteiger partial charge < -0.3 is 5.11 Å². The fourth-order valence-corrected chi connectivity index (χ4v) is 2.27. The molecule has 18 heavy (non-hydrogen) atoms. The maximum absolute atomic E-state index is 10.7. The molecule has 1 aliphatic heterocycles. The summed E-state index contributed by atoms with van der Waals surface area (Å²) in [4.78, 5) is 13.0. The van der Waals surface area contributed by atoms with Crippen molar-refractivity contribution in [2.75, 3.05) is 18.2 Å². The van der Waals surface area contributed by atoms with E-state index >= 15 is 0 Å². The van der Waals surface area contributed by atoms with Crippen molar-refractivity contribution in [2.24, 2.45) is 0 Å². The molecular weight excluding hydrogens is 232 g/mol. The molecule has 2 N–H and O–H groups in total. The van der Waals surface area contributed by atoms with Crippen molar-refractivity contribution in [3.63, 3.8) is 0 Å². The highest BCUT2D eigenvalue weighted by atomic mass is 16.6. The Morgan fingerprint density at radius 1 is 1.28 bits per heavy atom. The lowest BCUT2D eigenvalue weighted by molar-refractivity contribution is 0.160. The molecule has 5 nitrogen and oxygen atoms in total. The molecule has 2 rings (SSSR count). The molecule has 1 fully saturated rings. The van der Waals surface area contributed by atoms with E-state index in [1.54, 1.807) is 18.2 Å². The van der Waals surface area contributed by atoms with Crippen LogP contribution >= 0.6 is 0 Å². The van der Waals surface area contributed by atoms with Crippen LogP contribution in [0.3, 0.4) is 0 Å². The van der Waals surface area contributed by atoms with Gasteiger partial charge in [-0.15, -0.1) is 0 Å². The van der Waals surface area contributed by atoms with E-state index in [4.69, 9.17) is 5.11 Å². The number of piperidine rings is 1. The van der Waals surface area contributed by atoms with E-state index in [1.165, 1.54) is 19.3 Å². The van der Waals surface area contributed by atoms with Crippen LogP contribution in [0.5, 0.6) is 0 Å². The summed E-state index contributed by atoms with van der Waals surface area (Å²) in [7, 11) is 0. The van der Waals surface area contributed by atoms with Crippen molar-refractivity contribution in [1.29, 1.82) is 0 Å². The molecule has 0 unspecified atom stereocenters. The first kappa shape index (κ1) is 12.9. The summed E-state index contributed by atoms with van der Waals surface area (Å²) in [5.74, 6) is 0. The highest BCUT2D eigenvalue weighted by Gasteiger charge is 2.13. The van der Waals surface area contributed by atoms with Crippen molar-refractivity contribution >= 4 is 11.8 Å².